The molecule has 0 amide bonds. The number of nitrogens with one attached hydrogen (secondary N) is 1. The highest BCUT2D eigenvalue weighted by molar-refractivity contribution is 6.35. The van der Waals surface area contributed by atoms with Crippen LogP contribution < -0.4 is 5.32 Å². The number of Topliss-reactive ketones (excluding diaryl/α,β-unsaturated/α-hetero) is 1. The van der Waals surface area contributed by atoms with Crippen molar-refractivity contribution in [3.63, 3.8) is 0 Å². The van der Waals surface area contributed by atoms with Crippen molar-refractivity contribution in [3.8, 4) is 0 Å². The summed E-state index contributed by atoms with van der Waals surface area (Å²) in [6.07, 6.45) is 2.31. The van der Waals surface area contributed by atoms with Crippen LogP contribution in [-0.4, -0.2) is 10.8 Å². The minimum Gasteiger partial charge on any atom is -0.358 e. The molecule has 5 heteroatoms. The van der Waals surface area contributed by atoms with Crippen LogP contribution >= 0.6 is 23.2 Å². The third-order valence-electron chi connectivity index (χ3n) is 5.64. The Morgan fingerprint density at radius 3 is 2.75 bits per heavy atom. The lowest BCUT2D eigenvalue weighted by atomic mass is 9.74. The Kier molecular flexibility index (Phi) is 4.18. The van der Waals surface area contributed by atoms with Gasteiger partial charge in [-0.2, -0.15) is 0 Å². The van der Waals surface area contributed by atoms with Crippen LogP contribution in [-0.2, 0) is 4.79 Å². The Labute approximate surface area is 173 Å². The van der Waals surface area contributed by atoms with E-state index in [4.69, 9.17) is 23.2 Å². The van der Waals surface area contributed by atoms with Crippen LogP contribution in [0.4, 0.5) is 5.69 Å². The number of carbonyl (C=O) groups is 1. The third kappa shape index (κ3) is 2.73. The minimum atomic E-state index is -0.225. The van der Waals surface area contributed by atoms with Crippen molar-refractivity contribution in [2.75, 3.05) is 5.32 Å². The minimum absolute atomic E-state index is 0.187. The van der Waals surface area contributed by atoms with Crippen molar-refractivity contribution < 1.29 is 4.79 Å². The second-order valence-electron chi connectivity index (χ2n) is 7.44. The van der Waals surface area contributed by atoms with E-state index in [1.165, 1.54) is 0 Å². The second kappa shape index (κ2) is 6.61. The van der Waals surface area contributed by atoms with Gasteiger partial charge in [0.15, 0.2) is 5.78 Å². The molecule has 2 heterocycles. The fourth-order valence-corrected chi connectivity index (χ4v) is 4.95. The maximum Gasteiger partial charge on any atom is 0.161 e. The predicted molar refractivity (Wildman–Crippen MR) is 114 cm³/mol. The lowest BCUT2D eigenvalue weighted by molar-refractivity contribution is -0.116. The first-order valence-electron chi connectivity index (χ1n) is 9.41. The zero-order valence-electron chi connectivity index (χ0n) is 15.4. The third-order valence-corrected chi connectivity index (χ3v) is 6.21. The van der Waals surface area contributed by atoms with E-state index >= 15 is 0 Å². The highest BCUT2D eigenvalue weighted by Crippen LogP contribution is 2.49. The van der Waals surface area contributed by atoms with Crippen molar-refractivity contribution >= 4 is 45.6 Å². The molecular formula is C23H18Cl2N2O. The molecule has 0 saturated carbocycles. The number of carbonyl (C=O) groups excluding carboxylic acids is 1. The molecule has 2 aliphatic rings. The normalized spacial score (nSPS) is 18.7. The Hall–Kier alpha value is -2.36. The van der Waals surface area contributed by atoms with Crippen molar-refractivity contribution in [1.29, 1.82) is 0 Å². The summed E-state index contributed by atoms with van der Waals surface area (Å²) in [6, 6.07) is 13.7. The number of anilines is 1. The number of allylic oxidation sites excluding steroid dienone is 2. The van der Waals surface area contributed by atoms with Crippen LogP contribution in [0, 0.1) is 6.92 Å². The van der Waals surface area contributed by atoms with E-state index in [1.54, 1.807) is 6.07 Å². The van der Waals surface area contributed by atoms with Crippen LogP contribution in [0.2, 0.25) is 10.0 Å². The molecule has 1 N–H and O–H groups in total. The molecular weight excluding hydrogens is 391 g/mol. The molecule has 1 aliphatic carbocycles. The Bertz CT molecular complexity index is 1180. The molecule has 2 aromatic carbocycles. The molecule has 3 aromatic rings. The summed E-state index contributed by atoms with van der Waals surface area (Å²) >= 11 is 12.8. The first kappa shape index (κ1) is 17.7. The van der Waals surface area contributed by atoms with Gasteiger partial charge in [-0.25, -0.2) is 0 Å². The topological polar surface area (TPSA) is 42.0 Å². The Morgan fingerprint density at radius 2 is 1.93 bits per heavy atom. The molecule has 28 heavy (non-hydrogen) atoms. The highest BCUT2D eigenvalue weighted by Gasteiger charge is 2.37. The van der Waals surface area contributed by atoms with E-state index in [2.05, 4.69) is 22.4 Å². The number of hydrogen-bond donors (Lipinski definition) is 1. The standard InChI is InChI=1S/C23H18Cl2N2O/c1-12-5-7-15-17(26-12)9-10-19-21(15)22(14-8-6-13(24)11-16(14)25)23-18(27-19)3-2-4-20(23)28/h5-11,22,27H,2-4H2,1H3/t22-/m0/s1. The van der Waals surface area contributed by atoms with E-state index in [9.17, 15) is 4.79 Å². The molecule has 0 bridgehead atoms. The molecule has 0 unspecified atom stereocenters. The number of aryl methyl sites for hydroxylation is 1. The van der Waals surface area contributed by atoms with E-state index in [-0.39, 0.29) is 11.7 Å². The molecule has 140 valence electrons. The molecule has 0 fully saturated rings. The van der Waals surface area contributed by atoms with Gasteiger partial charge in [-0.1, -0.05) is 35.3 Å². The van der Waals surface area contributed by atoms with Gasteiger partial charge in [0.25, 0.3) is 0 Å². The molecule has 0 spiro atoms. The monoisotopic (exact) mass is 408 g/mol. The summed E-state index contributed by atoms with van der Waals surface area (Å²) in [4.78, 5) is 17.7. The van der Waals surface area contributed by atoms with E-state index in [0.29, 0.717) is 16.5 Å². The van der Waals surface area contributed by atoms with Gasteiger partial charge >= 0.3 is 0 Å². The fourth-order valence-electron chi connectivity index (χ4n) is 4.43. The number of nitrogens with zero attached hydrogens (tertiary/aromatic N) is 1. The van der Waals surface area contributed by atoms with Crippen LogP contribution in [0.15, 0.2) is 53.7 Å². The van der Waals surface area contributed by atoms with Crippen LogP contribution in [0.1, 0.15) is 42.0 Å². The fraction of sp³-hybridized carbons (Fsp3) is 0.217. The average molecular weight is 409 g/mol. The largest absolute Gasteiger partial charge is 0.358 e. The zero-order valence-corrected chi connectivity index (χ0v) is 16.9. The maximum atomic E-state index is 13.0. The van der Waals surface area contributed by atoms with Gasteiger partial charge in [-0.3, -0.25) is 9.78 Å². The number of aromatic nitrogens is 1. The van der Waals surface area contributed by atoms with Gasteiger partial charge in [-0.05, 0) is 61.2 Å². The number of hydrogen-bond acceptors (Lipinski definition) is 3. The zero-order chi connectivity index (χ0) is 19.4. The molecule has 1 aliphatic heterocycles. The lowest BCUT2D eigenvalue weighted by Crippen LogP contribution is -2.27. The number of benzene rings is 2. The summed E-state index contributed by atoms with van der Waals surface area (Å²) in [7, 11) is 0. The van der Waals surface area contributed by atoms with Crippen molar-refractivity contribution in [2.45, 2.75) is 32.1 Å². The van der Waals surface area contributed by atoms with Gasteiger partial charge in [-0.15, -0.1) is 0 Å². The number of ketones is 1. The van der Waals surface area contributed by atoms with Gasteiger partial charge < -0.3 is 5.32 Å². The van der Waals surface area contributed by atoms with Gasteiger partial charge in [0.2, 0.25) is 0 Å². The number of pyridine rings is 1. The molecule has 0 radical (unpaired) electrons. The first-order valence-corrected chi connectivity index (χ1v) is 10.2. The Morgan fingerprint density at radius 1 is 1.07 bits per heavy atom. The first-order chi connectivity index (χ1) is 13.5. The maximum absolute atomic E-state index is 13.0. The second-order valence-corrected chi connectivity index (χ2v) is 8.28. The van der Waals surface area contributed by atoms with Crippen molar-refractivity contribution in [2.24, 2.45) is 0 Å². The summed E-state index contributed by atoms with van der Waals surface area (Å²) in [5.74, 6) is -0.0375. The predicted octanol–water partition coefficient (Wildman–Crippen LogP) is 6.41. The van der Waals surface area contributed by atoms with Crippen LogP contribution in [0.5, 0.6) is 0 Å². The molecule has 0 saturated heterocycles. The van der Waals surface area contributed by atoms with Gasteiger partial charge in [0, 0.05) is 50.4 Å². The van der Waals surface area contributed by atoms with Crippen molar-refractivity contribution in [3.05, 3.63) is 80.6 Å². The molecule has 5 rings (SSSR count). The number of fused-ring (bicyclic) bond motifs is 3. The molecule has 1 aromatic heterocycles. The van der Waals surface area contributed by atoms with Gasteiger partial charge in [0.1, 0.15) is 0 Å². The summed E-state index contributed by atoms with van der Waals surface area (Å²) in [5.41, 5.74) is 6.71. The smallest absolute Gasteiger partial charge is 0.161 e. The Balaban J connectivity index is 1.85. The molecule has 3 nitrogen and oxygen atoms in total. The molecule has 1 atom stereocenters. The van der Waals surface area contributed by atoms with Crippen LogP contribution in [0.25, 0.3) is 10.9 Å². The highest BCUT2D eigenvalue weighted by atomic mass is 35.5. The number of halogens is 2. The SMILES string of the molecule is Cc1ccc2c3c(ccc2n1)NC1=C(C(=O)CCC1)[C@H]3c1ccc(Cl)cc1Cl. The van der Waals surface area contributed by atoms with Gasteiger partial charge in [0.05, 0.1) is 5.52 Å². The van der Waals surface area contributed by atoms with Crippen LogP contribution in [0.3, 0.4) is 0 Å². The quantitative estimate of drug-likeness (QED) is 0.505. The average Bonchev–Trinajstić information content (AvgIpc) is 2.66. The summed E-state index contributed by atoms with van der Waals surface area (Å²) in [6.45, 7) is 1.98. The summed E-state index contributed by atoms with van der Waals surface area (Å²) in [5, 5.41) is 5.73. The van der Waals surface area contributed by atoms with E-state index < -0.39 is 0 Å². The number of rotatable bonds is 1. The lowest BCUT2D eigenvalue weighted by Gasteiger charge is -2.35. The summed E-state index contributed by atoms with van der Waals surface area (Å²) < 4.78 is 0. The van der Waals surface area contributed by atoms with E-state index in [1.807, 2.05) is 31.2 Å². The van der Waals surface area contributed by atoms with Crippen molar-refractivity contribution in [1.82, 2.24) is 4.98 Å². The van der Waals surface area contributed by atoms with E-state index in [0.717, 1.165) is 57.5 Å².